The van der Waals surface area contributed by atoms with Crippen LogP contribution >= 0.6 is 11.8 Å². The average Bonchev–Trinajstić information content (AvgIpc) is 2.97. The number of rotatable bonds is 7. The number of amides is 1. The van der Waals surface area contributed by atoms with Crippen LogP contribution in [0.15, 0.2) is 41.6 Å². The Hall–Kier alpha value is -1.95. The Morgan fingerprint density at radius 2 is 1.96 bits per heavy atom. The van der Waals surface area contributed by atoms with Crippen LogP contribution in [0.5, 0.6) is 5.75 Å². The van der Waals surface area contributed by atoms with Gasteiger partial charge in [0.2, 0.25) is 5.91 Å². The molecule has 0 aliphatic rings. The van der Waals surface area contributed by atoms with E-state index in [1.807, 2.05) is 69.4 Å². The van der Waals surface area contributed by atoms with E-state index in [1.54, 1.807) is 23.6 Å². The Bertz CT molecular complexity index is 667. The molecule has 0 aliphatic carbocycles. The molecule has 24 heavy (non-hydrogen) atoms. The molecule has 0 radical (unpaired) electrons. The molecule has 0 unspecified atom stereocenters. The van der Waals surface area contributed by atoms with Gasteiger partial charge in [0, 0.05) is 36.3 Å². The van der Waals surface area contributed by atoms with Crippen molar-refractivity contribution in [3.63, 3.8) is 0 Å². The van der Waals surface area contributed by atoms with Crippen LogP contribution in [0.25, 0.3) is 0 Å². The lowest BCUT2D eigenvalue weighted by atomic mass is 10.2. The number of methoxy groups -OCH3 is 1. The molecule has 0 saturated heterocycles. The van der Waals surface area contributed by atoms with E-state index in [0.29, 0.717) is 6.54 Å². The highest BCUT2D eigenvalue weighted by molar-refractivity contribution is 8.00. The predicted molar refractivity (Wildman–Crippen MR) is 97.2 cm³/mol. The summed E-state index contributed by atoms with van der Waals surface area (Å²) in [5, 5.41) is 4.02. The molecule has 1 aromatic carbocycles. The molecule has 0 spiro atoms. The fourth-order valence-corrected chi connectivity index (χ4v) is 3.35. The predicted octanol–water partition coefficient (Wildman–Crippen LogP) is 3.35. The molecule has 2 aromatic rings. The average molecular weight is 347 g/mol. The lowest BCUT2D eigenvalue weighted by molar-refractivity contribution is -0.132. The van der Waals surface area contributed by atoms with E-state index in [2.05, 4.69) is 5.10 Å². The van der Waals surface area contributed by atoms with Crippen LogP contribution in [-0.4, -0.2) is 39.0 Å². The monoisotopic (exact) mass is 347 g/mol. The van der Waals surface area contributed by atoms with Gasteiger partial charge in [0.1, 0.15) is 5.75 Å². The standard InChI is InChI=1S/C18H25N3O2S/c1-13(2)21(12-15-10-19-20(4)11-15)18(22)14(3)24-17-8-6-16(23-5)7-9-17/h6-11,13-14H,12H2,1-5H3/t14-/m1/s1. The fourth-order valence-electron chi connectivity index (χ4n) is 2.41. The molecule has 0 bridgehead atoms. The van der Waals surface area contributed by atoms with E-state index in [-0.39, 0.29) is 17.2 Å². The van der Waals surface area contributed by atoms with E-state index in [0.717, 1.165) is 16.2 Å². The minimum Gasteiger partial charge on any atom is -0.497 e. The number of aromatic nitrogens is 2. The van der Waals surface area contributed by atoms with Gasteiger partial charge in [-0.05, 0) is 45.0 Å². The van der Waals surface area contributed by atoms with Crippen molar-refractivity contribution < 1.29 is 9.53 Å². The zero-order valence-corrected chi connectivity index (χ0v) is 15.7. The van der Waals surface area contributed by atoms with E-state index in [4.69, 9.17) is 4.74 Å². The molecule has 0 aliphatic heterocycles. The van der Waals surface area contributed by atoms with Crippen molar-refractivity contribution in [2.24, 2.45) is 7.05 Å². The quantitative estimate of drug-likeness (QED) is 0.721. The summed E-state index contributed by atoms with van der Waals surface area (Å²) in [4.78, 5) is 15.8. The van der Waals surface area contributed by atoms with Gasteiger partial charge in [-0.2, -0.15) is 5.10 Å². The van der Waals surface area contributed by atoms with E-state index in [1.165, 1.54) is 0 Å². The Labute approximate surface area is 148 Å². The van der Waals surface area contributed by atoms with Gasteiger partial charge in [0.15, 0.2) is 0 Å². The van der Waals surface area contributed by atoms with Gasteiger partial charge >= 0.3 is 0 Å². The Morgan fingerprint density at radius 3 is 2.46 bits per heavy atom. The van der Waals surface area contributed by atoms with E-state index in [9.17, 15) is 4.79 Å². The van der Waals surface area contributed by atoms with Gasteiger partial charge in [0.25, 0.3) is 0 Å². The first-order valence-corrected chi connectivity index (χ1v) is 8.87. The summed E-state index contributed by atoms with van der Waals surface area (Å²) in [6.45, 7) is 6.62. The fraction of sp³-hybridized carbons (Fsp3) is 0.444. The maximum absolute atomic E-state index is 12.9. The SMILES string of the molecule is COc1ccc(S[C@H](C)C(=O)N(Cc2cnn(C)c2)C(C)C)cc1. The smallest absolute Gasteiger partial charge is 0.236 e. The first-order valence-electron chi connectivity index (χ1n) is 7.99. The van der Waals surface area contributed by atoms with Crippen LogP contribution in [0, 0.1) is 0 Å². The molecule has 1 heterocycles. The second kappa shape index (κ2) is 8.24. The van der Waals surface area contributed by atoms with Crippen LogP contribution < -0.4 is 4.74 Å². The molecule has 0 saturated carbocycles. The van der Waals surface area contributed by atoms with Gasteiger partial charge in [-0.15, -0.1) is 11.8 Å². The van der Waals surface area contributed by atoms with Crippen LogP contribution in [-0.2, 0) is 18.4 Å². The summed E-state index contributed by atoms with van der Waals surface area (Å²) in [5.74, 6) is 0.952. The number of ether oxygens (including phenoxy) is 1. The highest BCUT2D eigenvalue weighted by Crippen LogP contribution is 2.27. The lowest BCUT2D eigenvalue weighted by Gasteiger charge is -2.29. The minimum atomic E-state index is -0.155. The highest BCUT2D eigenvalue weighted by atomic mass is 32.2. The third-order valence-corrected chi connectivity index (χ3v) is 4.84. The molecule has 1 amide bonds. The minimum absolute atomic E-state index is 0.134. The van der Waals surface area contributed by atoms with E-state index >= 15 is 0 Å². The van der Waals surface area contributed by atoms with Crippen molar-refractivity contribution in [1.82, 2.24) is 14.7 Å². The number of benzene rings is 1. The number of nitrogens with zero attached hydrogens (tertiary/aromatic N) is 3. The summed E-state index contributed by atoms with van der Waals surface area (Å²) in [6, 6.07) is 7.92. The third-order valence-electron chi connectivity index (χ3n) is 3.74. The van der Waals surface area contributed by atoms with Crippen molar-refractivity contribution in [3.8, 4) is 5.75 Å². The normalized spacial score (nSPS) is 12.2. The van der Waals surface area contributed by atoms with Crippen molar-refractivity contribution in [2.45, 2.75) is 43.5 Å². The van der Waals surface area contributed by atoms with Crippen molar-refractivity contribution >= 4 is 17.7 Å². The molecule has 6 heteroatoms. The Balaban J connectivity index is 2.04. The molecule has 5 nitrogen and oxygen atoms in total. The molecular weight excluding hydrogens is 322 g/mol. The van der Waals surface area contributed by atoms with Crippen LogP contribution in [0.1, 0.15) is 26.3 Å². The summed E-state index contributed by atoms with van der Waals surface area (Å²) in [6.07, 6.45) is 3.76. The lowest BCUT2D eigenvalue weighted by Crippen LogP contribution is -2.40. The molecule has 0 N–H and O–H groups in total. The number of hydrogen-bond acceptors (Lipinski definition) is 4. The van der Waals surface area contributed by atoms with Gasteiger partial charge in [-0.25, -0.2) is 0 Å². The Morgan fingerprint density at radius 1 is 1.29 bits per heavy atom. The molecule has 2 rings (SSSR count). The van der Waals surface area contributed by atoms with Crippen LogP contribution in [0.2, 0.25) is 0 Å². The molecule has 1 atom stereocenters. The van der Waals surface area contributed by atoms with Crippen molar-refractivity contribution in [1.29, 1.82) is 0 Å². The van der Waals surface area contributed by atoms with E-state index < -0.39 is 0 Å². The number of thioether (sulfide) groups is 1. The third kappa shape index (κ3) is 4.77. The van der Waals surface area contributed by atoms with Crippen LogP contribution in [0.4, 0.5) is 0 Å². The maximum atomic E-state index is 12.9. The van der Waals surface area contributed by atoms with Gasteiger partial charge in [0.05, 0.1) is 18.6 Å². The number of carbonyl (C=O) groups excluding carboxylic acids is 1. The second-order valence-electron chi connectivity index (χ2n) is 6.02. The van der Waals surface area contributed by atoms with Crippen LogP contribution in [0.3, 0.4) is 0 Å². The second-order valence-corrected chi connectivity index (χ2v) is 7.43. The molecule has 1 aromatic heterocycles. The van der Waals surface area contributed by atoms with Crippen molar-refractivity contribution in [3.05, 3.63) is 42.2 Å². The summed E-state index contributed by atoms with van der Waals surface area (Å²) >= 11 is 1.56. The first-order chi connectivity index (χ1) is 11.4. The molecular formula is C18H25N3O2S. The van der Waals surface area contributed by atoms with Gasteiger partial charge < -0.3 is 9.64 Å². The largest absolute Gasteiger partial charge is 0.497 e. The zero-order chi connectivity index (χ0) is 17.7. The summed E-state index contributed by atoms with van der Waals surface area (Å²) in [7, 11) is 3.53. The number of hydrogen-bond donors (Lipinski definition) is 0. The Kier molecular flexibility index (Phi) is 6.31. The van der Waals surface area contributed by atoms with Gasteiger partial charge in [-0.3, -0.25) is 9.48 Å². The van der Waals surface area contributed by atoms with Crippen molar-refractivity contribution in [2.75, 3.05) is 7.11 Å². The number of carbonyl (C=O) groups is 1. The molecule has 130 valence electrons. The summed E-state index contributed by atoms with van der Waals surface area (Å²) < 4.78 is 6.93. The zero-order valence-electron chi connectivity index (χ0n) is 14.9. The topological polar surface area (TPSA) is 47.4 Å². The highest BCUT2D eigenvalue weighted by Gasteiger charge is 2.24. The molecule has 0 fully saturated rings. The number of aryl methyl sites for hydroxylation is 1. The maximum Gasteiger partial charge on any atom is 0.236 e. The first kappa shape index (κ1) is 18.4. The summed E-state index contributed by atoms with van der Waals surface area (Å²) in [5.41, 5.74) is 1.04. The van der Waals surface area contributed by atoms with Gasteiger partial charge in [-0.1, -0.05) is 0 Å².